The molecule has 0 aliphatic carbocycles. The summed E-state index contributed by atoms with van der Waals surface area (Å²) in [5.41, 5.74) is 6.01. The van der Waals surface area contributed by atoms with Gasteiger partial charge in [-0.3, -0.25) is 10.5 Å². The molecular weight excluding hydrogens is 284 g/mol. The number of esters is 1. The number of amides is 1. The van der Waals surface area contributed by atoms with Crippen molar-refractivity contribution in [2.75, 3.05) is 13.1 Å². The van der Waals surface area contributed by atoms with Crippen LogP contribution in [0.3, 0.4) is 0 Å². The highest BCUT2D eigenvalue weighted by Crippen LogP contribution is 2.22. The van der Waals surface area contributed by atoms with E-state index >= 15 is 0 Å². The molecule has 0 spiro atoms. The third kappa shape index (κ3) is 4.46. The first-order valence-electron chi connectivity index (χ1n) is 7.49. The van der Waals surface area contributed by atoms with Crippen molar-refractivity contribution >= 4 is 12.1 Å². The largest absolute Gasteiger partial charge is 0.445 e. The fraction of sp³-hybridized carbons (Fsp3) is 0.500. The molecular formula is C16H22N2O4. The van der Waals surface area contributed by atoms with Gasteiger partial charge in [-0.05, 0) is 5.56 Å². The third-order valence-electron chi connectivity index (χ3n) is 3.68. The summed E-state index contributed by atoms with van der Waals surface area (Å²) < 4.78 is 10.5. The minimum absolute atomic E-state index is 0.245. The lowest BCUT2D eigenvalue weighted by molar-refractivity contribution is -0.163. The number of hydrogen-bond acceptors (Lipinski definition) is 5. The Kier molecular flexibility index (Phi) is 5.38. The average Bonchev–Trinajstić information content (AvgIpc) is 2.54. The van der Waals surface area contributed by atoms with Crippen molar-refractivity contribution in [2.45, 2.75) is 38.5 Å². The first-order chi connectivity index (χ1) is 10.5. The van der Waals surface area contributed by atoms with Crippen LogP contribution >= 0.6 is 0 Å². The van der Waals surface area contributed by atoms with Gasteiger partial charge in [-0.25, -0.2) is 4.79 Å². The summed E-state index contributed by atoms with van der Waals surface area (Å²) in [5.74, 6) is -0.317. The Balaban J connectivity index is 1.78. The van der Waals surface area contributed by atoms with Gasteiger partial charge in [-0.15, -0.1) is 0 Å². The Morgan fingerprint density at radius 1 is 1.23 bits per heavy atom. The summed E-state index contributed by atoms with van der Waals surface area (Å²) >= 11 is 0. The smallest absolute Gasteiger partial charge is 0.410 e. The molecule has 0 unspecified atom stereocenters. The monoisotopic (exact) mass is 306 g/mol. The van der Waals surface area contributed by atoms with E-state index in [0.717, 1.165) is 5.56 Å². The number of piperidine rings is 1. The van der Waals surface area contributed by atoms with E-state index in [1.807, 2.05) is 30.3 Å². The normalized spacial score (nSPS) is 16.9. The minimum Gasteiger partial charge on any atom is -0.445 e. The number of carbonyl (C=O) groups is 2. The fourth-order valence-corrected chi connectivity index (χ4v) is 2.28. The van der Waals surface area contributed by atoms with E-state index < -0.39 is 5.72 Å². The van der Waals surface area contributed by atoms with Crippen LogP contribution in [0.4, 0.5) is 4.79 Å². The second-order valence-electron chi connectivity index (χ2n) is 5.42. The number of benzene rings is 1. The van der Waals surface area contributed by atoms with Gasteiger partial charge >= 0.3 is 12.1 Å². The molecule has 1 aliphatic rings. The van der Waals surface area contributed by atoms with Crippen LogP contribution in [-0.2, 0) is 20.9 Å². The molecule has 1 aromatic carbocycles. The molecule has 0 atom stereocenters. The summed E-state index contributed by atoms with van der Waals surface area (Å²) in [6.07, 6.45) is 0.757. The molecule has 1 fully saturated rings. The van der Waals surface area contributed by atoms with Crippen molar-refractivity contribution in [3.8, 4) is 0 Å². The van der Waals surface area contributed by atoms with Crippen molar-refractivity contribution < 1.29 is 19.1 Å². The van der Waals surface area contributed by atoms with Crippen LogP contribution in [0.1, 0.15) is 31.7 Å². The lowest BCUT2D eigenvalue weighted by Gasteiger charge is -2.37. The van der Waals surface area contributed by atoms with Crippen LogP contribution in [0, 0.1) is 0 Å². The lowest BCUT2D eigenvalue weighted by Crippen LogP contribution is -2.54. The van der Waals surface area contributed by atoms with Crippen molar-refractivity contribution in [1.82, 2.24) is 4.90 Å². The Hall–Kier alpha value is -2.08. The van der Waals surface area contributed by atoms with Gasteiger partial charge in [0, 0.05) is 32.4 Å². The van der Waals surface area contributed by atoms with Crippen molar-refractivity contribution in [3.05, 3.63) is 35.9 Å². The van der Waals surface area contributed by atoms with Crippen molar-refractivity contribution in [1.29, 1.82) is 0 Å². The molecule has 1 saturated heterocycles. The van der Waals surface area contributed by atoms with Crippen LogP contribution < -0.4 is 5.73 Å². The van der Waals surface area contributed by atoms with E-state index in [1.165, 1.54) is 0 Å². The van der Waals surface area contributed by atoms with Crippen LogP contribution in [0.25, 0.3) is 0 Å². The molecule has 0 radical (unpaired) electrons. The van der Waals surface area contributed by atoms with Gasteiger partial charge in [-0.2, -0.15) is 0 Å². The zero-order valence-corrected chi connectivity index (χ0v) is 12.8. The Morgan fingerprint density at radius 2 is 1.86 bits per heavy atom. The fourth-order valence-electron chi connectivity index (χ4n) is 2.28. The molecule has 0 saturated carbocycles. The van der Waals surface area contributed by atoms with E-state index in [1.54, 1.807) is 11.8 Å². The van der Waals surface area contributed by atoms with Crippen LogP contribution in [-0.4, -0.2) is 35.8 Å². The molecule has 0 aromatic heterocycles. The zero-order valence-electron chi connectivity index (χ0n) is 12.8. The van der Waals surface area contributed by atoms with Gasteiger partial charge in [0.1, 0.15) is 6.61 Å². The molecule has 0 bridgehead atoms. The summed E-state index contributed by atoms with van der Waals surface area (Å²) in [5, 5.41) is 0. The summed E-state index contributed by atoms with van der Waals surface area (Å²) in [7, 11) is 0. The molecule has 1 heterocycles. The van der Waals surface area contributed by atoms with E-state index in [0.29, 0.717) is 32.4 Å². The van der Waals surface area contributed by atoms with E-state index in [9.17, 15) is 9.59 Å². The van der Waals surface area contributed by atoms with Gasteiger partial charge < -0.3 is 14.4 Å². The minimum atomic E-state index is -0.969. The molecule has 120 valence electrons. The molecule has 2 rings (SSSR count). The third-order valence-corrected chi connectivity index (χ3v) is 3.68. The number of ether oxygens (including phenoxy) is 2. The molecule has 6 heteroatoms. The Morgan fingerprint density at radius 3 is 2.45 bits per heavy atom. The molecule has 1 aliphatic heterocycles. The summed E-state index contributed by atoms with van der Waals surface area (Å²) in [4.78, 5) is 25.0. The first-order valence-corrected chi connectivity index (χ1v) is 7.49. The van der Waals surface area contributed by atoms with E-state index in [4.69, 9.17) is 15.2 Å². The molecule has 6 nitrogen and oxygen atoms in total. The van der Waals surface area contributed by atoms with Crippen molar-refractivity contribution in [2.24, 2.45) is 5.73 Å². The average molecular weight is 306 g/mol. The SMILES string of the molecule is CCC(=O)OC1(N)CCN(C(=O)OCc2ccccc2)CC1. The highest BCUT2D eigenvalue weighted by Gasteiger charge is 2.35. The number of rotatable bonds is 4. The molecule has 1 amide bonds. The second kappa shape index (κ2) is 7.26. The highest BCUT2D eigenvalue weighted by atomic mass is 16.6. The molecule has 2 N–H and O–H groups in total. The van der Waals surface area contributed by atoms with Gasteiger partial charge in [-0.1, -0.05) is 37.3 Å². The predicted molar refractivity (Wildman–Crippen MR) is 80.7 cm³/mol. The lowest BCUT2D eigenvalue weighted by atomic mass is 10.0. The maximum Gasteiger partial charge on any atom is 0.410 e. The number of hydrogen-bond donors (Lipinski definition) is 1. The van der Waals surface area contributed by atoms with Crippen LogP contribution in [0.5, 0.6) is 0 Å². The van der Waals surface area contributed by atoms with Gasteiger partial charge in [0.25, 0.3) is 0 Å². The van der Waals surface area contributed by atoms with Gasteiger partial charge in [0.2, 0.25) is 0 Å². The summed E-state index contributed by atoms with van der Waals surface area (Å²) in [6.45, 7) is 2.80. The number of nitrogens with zero attached hydrogens (tertiary/aromatic N) is 1. The van der Waals surface area contributed by atoms with Crippen LogP contribution in [0.2, 0.25) is 0 Å². The van der Waals surface area contributed by atoms with E-state index in [2.05, 4.69) is 0 Å². The molecule has 1 aromatic rings. The predicted octanol–water partition coefficient (Wildman–Crippen LogP) is 2.03. The zero-order chi connectivity index (χ0) is 16.0. The van der Waals surface area contributed by atoms with Gasteiger partial charge in [0.15, 0.2) is 5.72 Å². The number of carbonyl (C=O) groups excluding carboxylic acids is 2. The quantitative estimate of drug-likeness (QED) is 0.680. The van der Waals surface area contributed by atoms with E-state index in [-0.39, 0.29) is 18.7 Å². The second-order valence-corrected chi connectivity index (χ2v) is 5.42. The maximum absolute atomic E-state index is 12.0. The standard InChI is InChI=1S/C16H22N2O4/c1-2-14(19)22-16(17)8-10-18(11-9-16)15(20)21-12-13-6-4-3-5-7-13/h3-7H,2,8-12,17H2,1H3. The topological polar surface area (TPSA) is 81.9 Å². The highest BCUT2D eigenvalue weighted by molar-refractivity contribution is 5.70. The summed E-state index contributed by atoms with van der Waals surface area (Å²) in [6, 6.07) is 9.51. The molecule has 22 heavy (non-hydrogen) atoms. The number of likely N-dealkylation sites (tertiary alicyclic amines) is 1. The van der Waals surface area contributed by atoms with Crippen molar-refractivity contribution in [3.63, 3.8) is 0 Å². The van der Waals surface area contributed by atoms with Crippen LogP contribution in [0.15, 0.2) is 30.3 Å². The van der Waals surface area contributed by atoms with Gasteiger partial charge in [0.05, 0.1) is 0 Å². The maximum atomic E-state index is 12.0. The number of nitrogens with two attached hydrogens (primary N) is 1. The Bertz CT molecular complexity index is 510. The Labute approximate surface area is 130 Å². The first kappa shape index (κ1) is 16.3.